The number of hydrogen-bond acceptors (Lipinski definition) is 4. The van der Waals surface area contributed by atoms with Gasteiger partial charge in [0.05, 0.1) is 11.1 Å². The zero-order valence-electron chi connectivity index (χ0n) is 10.1. The second kappa shape index (κ2) is 8.58. The van der Waals surface area contributed by atoms with Crippen molar-refractivity contribution in [2.75, 3.05) is 0 Å². The van der Waals surface area contributed by atoms with Gasteiger partial charge in [0.1, 0.15) is 0 Å². The van der Waals surface area contributed by atoms with E-state index in [1.54, 1.807) is 60.7 Å². The molecule has 0 radical (unpaired) electrons. The van der Waals surface area contributed by atoms with Crippen molar-refractivity contribution in [2.45, 2.75) is 0 Å². The minimum absolute atomic E-state index is 0. The number of hydrogen-bond donors (Lipinski definition) is 0. The van der Waals surface area contributed by atoms with Crippen LogP contribution in [0.15, 0.2) is 60.7 Å². The van der Waals surface area contributed by atoms with E-state index in [4.69, 9.17) is 9.31 Å². The van der Waals surface area contributed by atoms with Gasteiger partial charge >= 0.3 is 49.2 Å². The first-order valence-corrected chi connectivity index (χ1v) is 5.72. The minimum atomic E-state index is -0.526. The molecule has 20 heavy (non-hydrogen) atoms. The molecule has 0 spiro atoms. The van der Waals surface area contributed by atoms with Crippen LogP contribution in [0.4, 0.5) is 0 Å². The van der Waals surface area contributed by atoms with Crippen LogP contribution in [0.3, 0.4) is 0 Å². The average molecular weight is 278 g/mol. The van der Waals surface area contributed by atoms with Gasteiger partial charge in [0.25, 0.3) is 0 Å². The van der Waals surface area contributed by atoms with Crippen molar-refractivity contribution in [3.8, 4) is 0 Å². The van der Waals surface area contributed by atoms with Gasteiger partial charge in [-0.15, -0.1) is 0 Å². The first-order chi connectivity index (χ1) is 9.27. The molecule has 0 saturated carbocycles. The van der Waals surface area contributed by atoms with Gasteiger partial charge in [-0.05, 0) is 24.3 Å². The van der Waals surface area contributed by atoms with Gasteiger partial charge in [0.15, 0.2) is 0 Å². The molecule has 0 atom stereocenters. The normalized spacial score (nSPS) is 9.00. The Kier molecular flexibility index (Phi) is 7.08. The van der Waals surface area contributed by atoms with Crippen molar-refractivity contribution < 1.29 is 18.9 Å². The van der Waals surface area contributed by atoms with Crippen LogP contribution in [0.5, 0.6) is 0 Å². The molecule has 96 valence electrons. The van der Waals surface area contributed by atoms with E-state index >= 15 is 0 Å². The maximum absolute atomic E-state index is 11.5. The first kappa shape index (κ1) is 16.5. The van der Waals surface area contributed by atoms with Crippen molar-refractivity contribution in [3.63, 3.8) is 0 Å². The fraction of sp³-hybridized carbons (Fsp3) is 0. The molecule has 0 aliphatic rings. The van der Waals surface area contributed by atoms with E-state index < -0.39 is 19.6 Å². The molecule has 6 heteroatoms. The third-order valence-corrected chi connectivity index (χ3v) is 2.40. The van der Waals surface area contributed by atoms with E-state index in [-0.39, 0.29) is 29.6 Å². The number of rotatable bonds is 4. The summed E-state index contributed by atoms with van der Waals surface area (Å²) in [5, 5.41) is 0. The zero-order valence-corrected chi connectivity index (χ0v) is 10.1. The summed E-state index contributed by atoms with van der Waals surface area (Å²) in [4.78, 5) is 23.1. The van der Waals surface area contributed by atoms with Gasteiger partial charge in [-0.25, -0.2) is 9.59 Å². The van der Waals surface area contributed by atoms with Gasteiger partial charge in [0.2, 0.25) is 0 Å². The monoisotopic (exact) mass is 278 g/mol. The van der Waals surface area contributed by atoms with Crippen LogP contribution in [0.2, 0.25) is 0 Å². The van der Waals surface area contributed by atoms with Crippen LogP contribution in [0.25, 0.3) is 0 Å². The van der Waals surface area contributed by atoms with Crippen LogP contribution >= 0.6 is 0 Å². The molecular weight excluding hydrogens is 266 g/mol. The first-order valence-electron chi connectivity index (χ1n) is 5.72. The molecule has 0 unspecified atom stereocenters. The SMILES string of the molecule is O=C(OBOC(=O)c1ccccc1)c1ccccc1.[NaH]. The molecule has 0 bridgehead atoms. The Morgan fingerprint density at radius 3 is 1.40 bits per heavy atom. The molecule has 2 rings (SSSR count). The topological polar surface area (TPSA) is 52.6 Å². The molecule has 0 amide bonds. The number of carbonyl (C=O) groups excluding carboxylic acids is 2. The second-order valence-corrected chi connectivity index (χ2v) is 3.71. The number of carbonyl (C=O) groups is 2. The molecular formula is C14H12BNaO4. The summed E-state index contributed by atoms with van der Waals surface area (Å²) in [7, 11) is -0.401. The summed E-state index contributed by atoms with van der Waals surface area (Å²) in [5.41, 5.74) is 0.830. The molecule has 0 heterocycles. The Bertz CT molecular complexity index is 508. The fourth-order valence-corrected chi connectivity index (χ4v) is 1.45. The van der Waals surface area contributed by atoms with E-state index in [0.29, 0.717) is 11.1 Å². The van der Waals surface area contributed by atoms with Crippen LogP contribution < -0.4 is 0 Å². The van der Waals surface area contributed by atoms with Crippen LogP contribution in [0, 0.1) is 0 Å². The maximum atomic E-state index is 11.5. The summed E-state index contributed by atoms with van der Waals surface area (Å²) in [6.07, 6.45) is 0. The van der Waals surface area contributed by atoms with Crippen molar-refractivity contribution in [3.05, 3.63) is 71.8 Å². The molecule has 0 aliphatic heterocycles. The third kappa shape index (κ3) is 4.85. The van der Waals surface area contributed by atoms with Gasteiger partial charge < -0.3 is 9.31 Å². The van der Waals surface area contributed by atoms with Crippen molar-refractivity contribution in [1.29, 1.82) is 0 Å². The van der Waals surface area contributed by atoms with Gasteiger partial charge in [-0.3, -0.25) is 0 Å². The molecule has 0 aliphatic carbocycles. The second-order valence-electron chi connectivity index (χ2n) is 3.71. The zero-order chi connectivity index (χ0) is 13.5. The van der Waals surface area contributed by atoms with E-state index in [1.165, 1.54) is 0 Å². The standard InChI is InChI=1S/C14H11BO4.Na.H/c16-13(11-7-3-1-4-8-11)18-15-19-14(17)12-9-5-2-6-10-12;;/h1-10,15H;;. The molecule has 2 aromatic rings. The van der Waals surface area contributed by atoms with E-state index in [0.717, 1.165) is 0 Å². The van der Waals surface area contributed by atoms with E-state index in [1.807, 2.05) is 0 Å². The summed E-state index contributed by atoms with van der Waals surface area (Å²) in [6.45, 7) is 0. The quantitative estimate of drug-likeness (QED) is 0.791. The number of benzene rings is 2. The predicted molar refractivity (Wildman–Crippen MR) is 78.0 cm³/mol. The Labute approximate surface area is 139 Å². The van der Waals surface area contributed by atoms with Crippen LogP contribution in [0.1, 0.15) is 20.7 Å². The summed E-state index contributed by atoms with van der Waals surface area (Å²) in [5.74, 6) is -1.05. The molecule has 0 saturated heterocycles. The Morgan fingerprint density at radius 1 is 0.700 bits per heavy atom. The van der Waals surface area contributed by atoms with E-state index in [2.05, 4.69) is 0 Å². The van der Waals surface area contributed by atoms with Crippen LogP contribution in [-0.4, -0.2) is 49.2 Å². The van der Waals surface area contributed by atoms with E-state index in [9.17, 15) is 9.59 Å². The molecule has 0 fully saturated rings. The van der Waals surface area contributed by atoms with Crippen molar-refractivity contribution in [2.24, 2.45) is 0 Å². The predicted octanol–water partition coefficient (Wildman–Crippen LogP) is 1.32. The third-order valence-electron chi connectivity index (χ3n) is 2.40. The van der Waals surface area contributed by atoms with Gasteiger partial charge in [-0.2, -0.15) is 0 Å². The molecule has 4 nitrogen and oxygen atoms in total. The summed E-state index contributed by atoms with van der Waals surface area (Å²) >= 11 is 0. The van der Waals surface area contributed by atoms with Crippen LogP contribution in [-0.2, 0) is 9.31 Å². The van der Waals surface area contributed by atoms with Crippen molar-refractivity contribution in [1.82, 2.24) is 0 Å². The summed E-state index contributed by atoms with van der Waals surface area (Å²) < 4.78 is 9.68. The van der Waals surface area contributed by atoms with Crippen molar-refractivity contribution >= 4 is 49.2 Å². The molecule has 0 aromatic heterocycles. The Morgan fingerprint density at radius 2 is 1.05 bits per heavy atom. The summed E-state index contributed by atoms with van der Waals surface area (Å²) in [6, 6.07) is 17.0. The van der Waals surface area contributed by atoms with Gasteiger partial charge in [-0.1, -0.05) is 36.4 Å². The Balaban J connectivity index is 0.00000200. The van der Waals surface area contributed by atoms with Gasteiger partial charge in [0, 0.05) is 0 Å². The molecule has 2 aromatic carbocycles. The Hall–Kier alpha value is -1.56. The molecule has 0 N–H and O–H groups in total. The fourth-order valence-electron chi connectivity index (χ4n) is 1.45. The average Bonchev–Trinajstić information content (AvgIpc) is 2.49.